The van der Waals surface area contributed by atoms with Crippen molar-refractivity contribution < 1.29 is 19.1 Å². The molecule has 0 saturated heterocycles. The molecule has 1 heterocycles. The van der Waals surface area contributed by atoms with E-state index >= 15 is 0 Å². The second-order valence-electron chi connectivity index (χ2n) is 10.4. The quantitative estimate of drug-likeness (QED) is 0.426. The number of aromatic nitrogens is 1. The Labute approximate surface area is 196 Å². The highest BCUT2D eigenvalue weighted by Crippen LogP contribution is 2.67. The second-order valence-corrected chi connectivity index (χ2v) is 10.4. The number of ketones is 1. The van der Waals surface area contributed by atoms with Gasteiger partial charge in [0.1, 0.15) is 11.4 Å². The smallest absolute Gasteiger partial charge is 0.345 e. The molecule has 33 heavy (non-hydrogen) atoms. The Morgan fingerprint density at radius 2 is 2.09 bits per heavy atom. The summed E-state index contributed by atoms with van der Waals surface area (Å²) in [4.78, 5) is 28.9. The fourth-order valence-corrected chi connectivity index (χ4v) is 8.08. The monoisotopic (exact) mass is 449 g/mol. The van der Waals surface area contributed by atoms with Crippen molar-refractivity contribution in [3.05, 3.63) is 48.8 Å². The van der Waals surface area contributed by atoms with Crippen LogP contribution in [0.15, 0.2) is 48.8 Å². The molecule has 0 bridgehead atoms. The van der Waals surface area contributed by atoms with Crippen molar-refractivity contribution in [1.82, 2.24) is 4.98 Å². The lowest BCUT2D eigenvalue weighted by molar-refractivity contribution is -0.177. The van der Waals surface area contributed by atoms with Crippen LogP contribution in [-0.2, 0) is 14.3 Å². The van der Waals surface area contributed by atoms with E-state index in [0.29, 0.717) is 41.6 Å². The number of carbonyl (C=O) groups excluding carboxylic acids is 2. The molecule has 3 saturated carbocycles. The first kappa shape index (κ1) is 22.4. The van der Waals surface area contributed by atoms with E-state index in [1.807, 2.05) is 12.2 Å². The third kappa shape index (κ3) is 3.64. The summed E-state index contributed by atoms with van der Waals surface area (Å²) in [7, 11) is 0. The topological polar surface area (TPSA) is 65.5 Å². The van der Waals surface area contributed by atoms with Gasteiger partial charge in [0.05, 0.1) is 6.20 Å². The first-order chi connectivity index (χ1) is 16.0. The van der Waals surface area contributed by atoms with Crippen molar-refractivity contribution in [1.29, 1.82) is 0 Å². The number of carbonyl (C=O) groups is 2. The second kappa shape index (κ2) is 8.73. The predicted octanol–water partition coefficient (Wildman–Crippen LogP) is 5.46. The summed E-state index contributed by atoms with van der Waals surface area (Å²) in [6.07, 6.45) is 16.2. The van der Waals surface area contributed by atoms with Gasteiger partial charge in [0.15, 0.2) is 12.4 Å². The number of allylic oxidation sites excluding steroid dienone is 1. The van der Waals surface area contributed by atoms with Gasteiger partial charge >= 0.3 is 5.97 Å². The van der Waals surface area contributed by atoms with Crippen LogP contribution in [0.4, 0.5) is 0 Å². The van der Waals surface area contributed by atoms with Crippen molar-refractivity contribution in [3.8, 4) is 5.75 Å². The van der Waals surface area contributed by atoms with Crippen LogP contribution < -0.4 is 4.74 Å². The molecule has 4 aliphatic rings. The van der Waals surface area contributed by atoms with Crippen molar-refractivity contribution in [2.24, 2.45) is 29.1 Å². The SMILES string of the molecule is C=C[C@]1(OC(=O)COc2cccnc2)CCC2C3CCC4=CC(=O)CCC4C3CC[C@@]21CC. The maximum atomic E-state index is 12.9. The molecule has 5 nitrogen and oxygen atoms in total. The third-order valence-corrected chi connectivity index (χ3v) is 9.43. The molecule has 0 aliphatic heterocycles. The fraction of sp³-hybridized carbons (Fsp3) is 0.607. The lowest BCUT2D eigenvalue weighted by Crippen LogP contribution is -2.55. The molecule has 0 radical (unpaired) electrons. The van der Waals surface area contributed by atoms with Gasteiger partial charge in [-0.15, -0.1) is 0 Å². The summed E-state index contributed by atoms with van der Waals surface area (Å²) in [5.41, 5.74) is 0.709. The largest absolute Gasteiger partial charge is 0.480 e. The van der Waals surface area contributed by atoms with E-state index in [9.17, 15) is 9.59 Å². The van der Waals surface area contributed by atoms with Crippen LogP contribution in [0.2, 0.25) is 0 Å². The van der Waals surface area contributed by atoms with Gasteiger partial charge in [-0.05, 0) is 99.3 Å². The lowest BCUT2D eigenvalue weighted by atomic mass is 9.49. The van der Waals surface area contributed by atoms with E-state index in [-0.39, 0.29) is 18.0 Å². The molecule has 4 unspecified atom stereocenters. The average molecular weight is 450 g/mol. The van der Waals surface area contributed by atoms with E-state index < -0.39 is 5.60 Å². The van der Waals surface area contributed by atoms with Gasteiger partial charge in [-0.25, -0.2) is 4.79 Å². The molecule has 0 aromatic carbocycles. The first-order valence-electron chi connectivity index (χ1n) is 12.6. The van der Waals surface area contributed by atoms with E-state index in [1.165, 1.54) is 5.57 Å². The molecule has 1 aromatic heterocycles. The van der Waals surface area contributed by atoms with Crippen LogP contribution in [0.25, 0.3) is 0 Å². The zero-order valence-electron chi connectivity index (χ0n) is 19.6. The molecule has 0 spiro atoms. The average Bonchev–Trinajstić information content (AvgIpc) is 3.17. The van der Waals surface area contributed by atoms with Crippen molar-refractivity contribution >= 4 is 11.8 Å². The molecule has 0 N–H and O–H groups in total. The molecular formula is C28H35NO4. The summed E-state index contributed by atoms with van der Waals surface area (Å²) in [6, 6.07) is 3.57. The molecule has 6 atom stereocenters. The fourth-order valence-electron chi connectivity index (χ4n) is 8.08. The van der Waals surface area contributed by atoms with E-state index in [2.05, 4.69) is 18.5 Å². The van der Waals surface area contributed by atoms with Crippen LogP contribution in [-0.4, -0.2) is 28.9 Å². The zero-order chi connectivity index (χ0) is 23.1. The summed E-state index contributed by atoms with van der Waals surface area (Å²) in [6.45, 7) is 6.30. The molecule has 4 aliphatic carbocycles. The molecular weight excluding hydrogens is 414 g/mol. The predicted molar refractivity (Wildman–Crippen MR) is 125 cm³/mol. The Morgan fingerprint density at radius 1 is 1.21 bits per heavy atom. The Hall–Kier alpha value is -2.43. The first-order valence-corrected chi connectivity index (χ1v) is 12.6. The summed E-state index contributed by atoms with van der Waals surface area (Å²) >= 11 is 0. The third-order valence-electron chi connectivity index (χ3n) is 9.43. The van der Waals surface area contributed by atoms with Crippen LogP contribution in [0.3, 0.4) is 0 Å². The minimum Gasteiger partial charge on any atom is -0.480 e. The van der Waals surface area contributed by atoms with E-state index in [1.54, 1.807) is 24.5 Å². The van der Waals surface area contributed by atoms with Gasteiger partial charge in [0, 0.05) is 18.0 Å². The van der Waals surface area contributed by atoms with Gasteiger partial charge < -0.3 is 9.47 Å². The van der Waals surface area contributed by atoms with Crippen LogP contribution in [0.5, 0.6) is 5.75 Å². The van der Waals surface area contributed by atoms with Crippen LogP contribution in [0.1, 0.15) is 64.7 Å². The van der Waals surface area contributed by atoms with Crippen molar-refractivity contribution in [2.45, 2.75) is 70.3 Å². The van der Waals surface area contributed by atoms with Gasteiger partial charge in [-0.3, -0.25) is 9.78 Å². The van der Waals surface area contributed by atoms with Gasteiger partial charge in [-0.2, -0.15) is 0 Å². The van der Waals surface area contributed by atoms with Gasteiger partial charge in [-0.1, -0.05) is 19.1 Å². The molecule has 0 amide bonds. The maximum Gasteiger partial charge on any atom is 0.345 e. The number of hydrogen-bond acceptors (Lipinski definition) is 5. The van der Waals surface area contributed by atoms with Crippen molar-refractivity contribution in [2.75, 3.05) is 6.61 Å². The van der Waals surface area contributed by atoms with Crippen molar-refractivity contribution in [3.63, 3.8) is 0 Å². The Bertz CT molecular complexity index is 956. The number of fused-ring (bicyclic) bond motifs is 5. The number of ether oxygens (including phenoxy) is 2. The minimum absolute atomic E-state index is 0.0639. The van der Waals surface area contributed by atoms with Gasteiger partial charge in [0.25, 0.3) is 0 Å². The Morgan fingerprint density at radius 3 is 2.85 bits per heavy atom. The number of nitrogens with zero attached hydrogens (tertiary/aromatic N) is 1. The number of esters is 1. The Balaban J connectivity index is 1.35. The molecule has 3 fully saturated rings. The highest BCUT2D eigenvalue weighted by atomic mass is 16.6. The van der Waals surface area contributed by atoms with Crippen LogP contribution in [0, 0.1) is 29.1 Å². The summed E-state index contributed by atoms with van der Waals surface area (Å²) < 4.78 is 11.9. The normalized spacial score (nSPS) is 37.2. The van der Waals surface area contributed by atoms with Gasteiger partial charge in [0.2, 0.25) is 0 Å². The molecule has 5 rings (SSSR count). The molecule has 5 heteroatoms. The minimum atomic E-state index is -0.634. The maximum absolute atomic E-state index is 12.9. The summed E-state index contributed by atoms with van der Waals surface area (Å²) in [5, 5.41) is 0. The summed E-state index contributed by atoms with van der Waals surface area (Å²) in [5.74, 6) is 2.94. The lowest BCUT2D eigenvalue weighted by Gasteiger charge is -2.57. The van der Waals surface area contributed by atoms with E-state index in [0.717, 1.165) is 51.4 Å². The Kier molecular flexibility index (Phi) is 5.92. The highest BCUT2D eigenvalue weighted by molar-refractivity contribution is 5.91. The number of pyridine rings is 1. The molecule has 176 valence electrons. The van der Waals surface area contributed by atoms with Crippen LogP contribution >= 0.6 is 0 Å². The zero-order valence-corrected chi connectivity index (χ0v) is 19.6. The number of hydrogen-bond donors (Lipinski definition) is 0. The standard InChI is InChI=1S/C28H35NO4/c1-3-27-13-11-23-22-10-8-20(30)16-19(22)7-9-24(23)25(27)12-14-28(27,4-2)33-26(31)18-32-21-6-5-15-29-17-21/h4-6,15-17,22-25H,2-3,7-14,18H2,1H3/t22?,23?,24?,25?,27-,28-/m0/s1. The van der Waals surface area contributed by atoms with E-state index in [4.69, 9.17) is 9.47 Å². The number of rotatable bonds is 6. The molecule has 1 aromatic rings. The highest BCUT2D eigenvalue weighted by Gasteiger charge is 2.65.